The van der Waals surface area contributed by atoms with E-state index in [-0.39, 0.29) is 19.0 Å². The van der Waals surface area contributed by atoms with Gasteiger partial charge in [-0.1, -0.05) is 63.5 Å². The highest BCUT2D eigenvalue weighted by atomic mass is 35.5. The predicted molar refractivity (Wildman–Crippen MR) is 122 cm³/mol. The number of aliphatic hydroxyl groups excluding tert-OH is 2. The molecule has 1 aromatic heterocycles. The Balaban J connectivity index is 1.72. The molecule has 0 saturated carbocycles. The Bertz CT molecular complexity index is 732. The monoisotopic (exact) mass is 512 g/mol. The van der Waals surface area contributed by atoms with Gasteiger partial charge in [-0.15, -0.1) is 0 Å². The smallest absolute Gasteiger partial charge is 0.388 e. The Hall–Kier alpha value is -1.24. The van der Waals surface area contributed by atoms with Crippen LogP contribution in [0.15, 0.2) is 6.07 Å². The third-order valence-electron chi connectivity index (χ3n) is 5.73. The Morgan fingerprint density at radius 3 is 2.44 bits per heavy atom. The summed E-state index contributed by atoms with van der Waals surface area (Å²) < 4.78 is 49.8. The number of ether oxygens (including phenoxy) is 2. The van der Waals surface area contributed by atoms with Gasteiger partial charge in [-0.3, -0.25) is 0 Å². The second-order valence-corrected chi connectivity index (χ2v) is 9.02. The molecule has 5 atom stereocenters. The molecule has 0 bridgehead atoms. The summed E-state index contributed by atoms with van der Waals surface area (Å²) in [7, 11) is 0. The number of aliphatic hydroxyl groups is 2. The molecule has 2 heterocycles. The summed E-state index contributed by atoms with van der Waals surface area (Å²) in [6.45, 7) is 2.09. The fourth-order valence-electron chi connectivity index (χ4n) is 3.75. The normalized spacial score (nSPS) is 24.2. The minimum Gasteiger partial charge on any atom is -0.388 e. The van der Waals surface area contributed by atoms with Gasteiger partial charge in [-0.25, -0.2) is 9.97 Å². The van der Waals surface area contributed by atoms with Gasteiger partial charge in [0.1, 0.15) is 35.5 Å². The molecule has 0 aliphatic carbocycles. The number of alkyl halides is 3. The molecule has 1 unspecified atom stereocenters. The second-order valence-electron chi connectivity index (χ2n) is 8.64. The summed E-state index contributed by atoms with van der Waals surface area (Å²) in [4.78, 5) is 6.53. The molecule has 1 aromatic rings. The van der Waals surface area contributed by atoms with E-state index in [4.69, 9.17) is 26.8 Å². The average molecular weight is 513 g/mol. The first kappa shape index (κ1) is 29.0. The number of anilines is 1. The third-order valence-corrected chi connectivity index (χ3v) is 5.93. The van der Waals surface area contributed by atoms with Crippen molar-refractivity contribution in [2.45, 2.75) is 101 Å². The predicted octanol–water partition coefficient (Wildman–Crippen LogP) is 3.88. The molecule has 1 aliphatic rings. The highest BCUT2D eigenvalue weighted by Crippen LogP contribution is 2.29. The van der Waals surface area contributed by atoms with Crippen molar-refractivity contribution in [2.24, 2.45) is 5.73 Å². The largest absolute Gasteiger partial charge is 0.451 e. The van der Waals surface area contributed by atoms with Crippen LogP contribution in [0.4, 0.5) is 19.0 Å². The maximum Gasteiger partial charge on any atom is 0.451 e. The quantitative estimate of drug-likeness (QED) is 0.168. The van der Waals surface area contributed by atoms with Crippen molar-refractivity contribution >= 4 is 17.4 Å². The fourth-order valence-corrected chi connectivity index (χ4v) is 3.93. The van der Waals surface area contributed by atoms with E-state index in [1.54, 1.807) is 0 Å². The first-order valence-corrected chi connectivity index (χ1v) is 12.2. The molecule has 0 spiro atoms. The van der Waals surface area contributed by atoms with Crippen LogP contribution in [0.25, 0.3) is 0 Å². The second kappa shape index (κ2) is 14.4. The highest BCUT2D eigenvalue weighted by molar-refractivity contribution is 6.29. The number of aromatic nitrogens is 2. The summed E-state index contributed by atoms with van der Waals surface area (Å²) in [6.07, 6.45) is 1.39. The lowest BCUT2D eigenvalue weighted by molar-refractivity contribution is -0.166. The summed E-state index contributed by atoms with van der Waals surface area (Å²) in [5, 5.41) is 23.0. The molecule has 34 heavy (non-hydrogen) atoms. The number of hydrogen-bond acceptors (Lipinski definition) is 8. The lowest BCUT2D eigenvalue weighted by Gasteiger charge is -2.38. The van der Waals surface area contributed by atoms with Gasteiger partial charge in [0.05, 0.1) is 19.3 Å². The van der Waals surface area contributed by atoms with Gasteiger partial charge in [0.15, 0.2) is 0 Å². The SMILES string of the molecule is CCCCCCCCCCC(N)OC[C@H]1OC[C@H](Nc2cc(Cl)nc(C(F)(F)F)n2)[C@@H](O)[C@H]1O. The van der Waals surface area contributed by atoms with Gasteiger partial charge >= 0.3 is 6.18 Å². The number of nitrogens with zero attached hydrogens (tertiary/aromatic N) is 2. The molecule has 0 radical (unpaired) electrons. The van der Waals surface area contributed by atoms with Crippen LogP contribution in [-0.4, -0.2) is 64.0 Å². The van der Waals surface area contributed by atoms with E-state index in [1.807, 2.05) is 0 Å². The van der Waals surface area contributed by atoms with Crippen LogP contribution in [0.3, 0.4) is 0 Å². The molecule has 0 aromatic carbocycles. The van der Waals surface area contributed by atoms with Crippen LogP contribution >= 0.6 is 11.6 Å². The Kier molecular flexibility index (Phi) is 12.2. The van der Waals surface area contributed by atoms with Crippen LogP contribution in [-0.2, 0) is 15.7 Å². The Morgan fingerprint density at radius 2 is 1.79 bits per heavy atom. The minimum atomic E-state index is -4.78. The first-order valence-electron chi connectivity index (χ1n) is 11.8. The summed E-state index contributed by atoms with van der Waals surface area (Å²) >= 11 is 5.65. The molecule has 1 fully saturated rings. The van der Waals surface area contributed by atoms with Crippen molar-refractivity contribution < 1.29 is 32.9 Å². The van der Waals surface area contributed by atoms with E-state index >= 15 is 0 Å². The van der Waals surface area contributed by atoms with E-state index in [0.717, 1.165) is 18.9 Å². The van der Waals surface area contributed by atoms with Crippen LogP contribution in [0.1, 0.15) is 70.5 Å². The van der Waals surface area contributed by atoms with E-state index in [2.05, 4.69) is 22.2 Å². The molecule has 1 aliphatic heterocycles. The van der Waals surface area contributed by atoms with Crippen molar-refractivity contribution in [1.82, 2.24) is 9.97 Å². The maximum atomic E-state index is 12.9. The molecule has 196 valence electrons. The molecule has 8 nitrogen and oxygen atoms in total. The van der Waals surface area contributed by atoms with Gasteiger partial charge in [-0.2, -0.15) is 13.2 Å². The lowest BCUT2D eigenvalue weighted by Crippen LogP contribution is -2.57. The third kappa shape index (κ3) is 9.79. The van der Waals surface area contributed by atoms with Gasteiger partial charge in [0.25, 0.3) is 0 Å². The number of unbranched alkanes of at least 4 members (excludes halogenated alkanes) is 7. The standard InChI is InChI=1S/C22H36ClF3N4O4/c1-2-3-4-5-6-7-8-9-10-17(27)34-13-15-20(32)19(31)14(12-33-15)28-18-11-16(23)29-21(30-18)22(24,25)26/h11,14-15,17,19-20,31-32H,2-10,12-13,27H2,1H3,(H,28,29,30)/t14-,15+,17?,19+,20-/m0/s1. The Labute approximate surface area is 203 Å². The first-order chi connectivity index (χ1) is 16.1. The zero-order valence-corrected chi connectivity index (χ0v) is 20.2. The summed E-state index contributed by atoms with van der Waals surface area (Å²) in [5.41, 5.74) is 5.99. The molecular formula is C22H36ClF3N4O4. The van der Waals surface area contributed by atoms with Gasteiger partial charge in [0, 0.05) is 6.07 Å². The molecule has 0 amide bonds. The summed E-state index contributed by atoms with van der Waals surface area (Å²) in [6, 6.07) is 0.180. The zero-order chi connectivity index (χ0) is 25.1. The molecule has 12 heteroatoms. The van der Waals surface area contributed by atoms with Crippen molar-refractivity contribution in [2.75, 3.05) is 18.5 Å². The number of halogens is 4. The fraction of sp³-hybridized carbons (Fsp3) is 0.818. The van der Waals surface area contributed by atoms with Crippen molar-refractivity contribution in [1.29, 1.82) is 0 Å². The summed E-state index contributed by atoms with van der Waals surface area (Å²) in [5.74, 6) is -1.65. The molecule has 2 rings (SSSR count). The van der Waals surface area contributed by atoms with Crippen molar-refractivity contribution in [3.63, 3.8) is 0 Å². The number of nitrogens with two attached hydrogens (primary N) is 1. The van der Waals surface area contributed by atoms with Gasteiger partial charge < -0.3 is 30.7 Å². The topological polar surface area (TPSA) is 123 Å². The van der Waals surface area contributed by atoms with E-state index in [9.17, 15) is 23.4 Å². The van der Waals surface area contributed by atoms with Crippen LogP contribution in [0, 0.1) is 0 Å². The molecule has 5 N–H and O–H groups in total. The highest BCUT2D eigenvalue weighted by Gasteiger charge is 2.40. The van der Waals surface area contributed by atoms with Crippen molar-refractivity contribution in [3.8, 4) is 0 Å². The lowest BCUT2D eigenvalue weighted by atomic mass is 9.98. The van der Waals surface area contributed by atoms with E-state index in [1.165, 1.54) is 38.5 Å². The van der Waals surface area contributed by atoms with Crippen molar-refractivity contribution in [3.05, 3.63) is 17.0 Å². The van der Waals surface area contributed by atoms with Crippen LogP contribution < -0.4 is 11.1 Å². The molecule has 1 saturated heterocycles. The minimum absolute atomic E-state index is 0.0132. The average Bonchev–Trinajstić information content (AvgIpc) is 2.77. The van der Waals surface area contributed by atoms with E-state index in [0.29, 0.717) is 6.42 Å². The van der Waals surface area contributed by atoms with Crippen LogP contribution in [0.5, 0.6) is 0 Å². The van der Waals surface area contributed by atoms with Gasteiger partial charge in [-0.05, 0) is 12.8 Å². The molecular weight excluding hydrogens is 477 g/mol. The Morgan fingerprint density at radius 1 is 1.15 bits per heavy atom. The number of hydrogen-bond donors (Lipinski definition) is 4. The number of nitrogens with one attached hydrogen (secondary N) is 1. The van der Waals surface area contributed by atoms with E-state index < -0.39 is 47.7 Å². The van der Waals surface area contributed by atoms with Gasteiger partial charge in [0.2, 0.25) is 5.82 Å². The number of rotatable bonds is 14. The van der Waals surface area contributed by atoms with Crippen LogP contribution in [0.2, 0.25) is 5.15 Å². The maximum absolute atomic E-state index is 12.9. The zero-order valence-electron chi connectivity index (χ0n) is 19.4.